The zero-order valence-electron chi connectivity index (χ0n) is 18.6. The topological polar surface area (TPSA) is 67.6 Å². The highest BCUT2D eigenvalue weighted by Gasteiger charge is 2.22. The van der Waals surface area contributed by atoms with E-state index < -0.39 is 0 Å². The average Bonchev–Trinajstić information content (AvgIpc) is 2.83. The summed E-state index contributed by atoms with van der Waals surface area (Å²) in [5, 5.41) is 3.05. The Morgan fingerprint density at radius 1 is 1.03 bits per heavy atom. The van der Waals surface area contributed by atoms with Crippen molar-refractivity contribution in [2.75, 3.05) is 30.7 Å². The van der Waals surface area contributed by atoms with Crippen LogP contribution in [-0.4, -0.2) is 30.5 Å². The lowest BCUT2D eigenvalue weighted by molar-refractivity contribution is 0.102. The van der Waals surface area contributed by atoms with Crippen LogP contribution in [0, 0.1) is 0 Å². The fourth-order valence-electron chi connectivity index (χ4n) is 4.27. The summed E-state index contributed by atoms with van der Waals surface area (Å²) in [5.74, 6) is 1.06. The number of carbonyl (C=O) groups excluding carboxylic acids is 1. The highest BCUT2D eigenvalue weighted by atomic mass is 16.5. The SMILES string of the molecule is CCOc1ccc(C2CCN(Cc3ccc(N)cc3)CC2)cc1NC(=O)c1ccccc1. The predicted octanol–water partition coefficient (Wildman–Crippen LogP) is 5.30. The van der Waals surface area contributed by atoms with Crippen molar-refractivity contribution in [1.82, 2.24) is 4.90 Å². The molecule has 1 aliphatic heterocycles. The van der Waals surface area contributed by atoms with Crippen LogP contribution in [0.2, 0.25) is 0 Å². The molecule has 0 aromatic heterocycles. The summed E-state index contributed by atoms with van der Waals surface area (Å²) in [5.41, 5.74) is 10.5. The Balaban J connectivity index is 1.43. The second-order valence-electron chi connectivity index (χ2n) is 8.30. The Morgan fingerprint density at radius 2 is 1.75 bits per heavy atom. The van der Waals surface area contributed by atoms with Gasteiger partial charge in [-0.25, -0.2) is 0 Å². The van der Waals surface area contributed by atoms with E-state index >= 15 is 0 Å². The number of ether oxygens (including phenoxy) is 1. The molecule has 0 bridgehead atoms. The second kappa shape index (κ2) is 10.3. The van der Waals surface area contributed by atoms with E-state index in [0.29, 0.717) is 23.8 Å². The molecule has 3 aromatic carbocycles. The zero-order chi connectivity index (χ0) is 22.3. The first-order valence-electron chi connectivity index (χ1n) is 11.3. The van der Waals surface area contributed by atoms with E-state index in [1.54, 1.807) is 0 Å². The van der Waals surface area contributed by atoms with Crippen molar-refractivity contribution >= 4 is 17.3 Å². The summed E-state index contributed by atoms with van der Waals surface area (Å²) in [6.07, 6.45) is 2.18. The second-order valence-corrected chi connectivity index (χ2v) is 8.30. The molecule has 0 radical (unpaired) electrons. The fraction of sp³-hybridized carbons (Fsp3) is 0.296. The van der Waals surface area contributed by atoms with Gasteiger partial charge in [0.1, 0.15) is 5.75 Å². The molecule has 0 unspecified atom stereocenters. The number of nitrogens with one attached hydrogen (secondary N) is 1. The molecule has 4 rings (SSSR count). The van der Waals surface area contributed by atoms with Crippen LogP contribution in [0.4, 0.5) is 11.4 Å². The van der Waals surface area contributed by atoms with E-state index in [9.17, 15) is 4.79 Å². The third-order valence-corrected chi connectivity index (χ3v) is 6.03. The third-order valence-electron chi connectivity index (χ3n) is 6.03. The van der Waals surface area contributed by atoms with Gasteiger partial charge < -0.3 is 15.8 Å². The Labute approximate surface area is 190 Å². The highest BCUT2D eigenvalue weighted by Crippen LogP contribution is 2.34. The van der Waals surface area contributed by atoms with Crippen molar-refractivity contribution in [3.8, 4) is 5.75 Å². The lowest BCUT2D eigenvalue weighted by atomic mass is 9.89. The van der Waals surface area contributed by atoms with Crippen LogP contribution >= 0.6 is 0 Å². The molecule has 3 aromatic rings. The Kier molecular flexibility index (Phi) is 7.07. The van der Waals surface area contributed by atoms with E-state index in [1.165, 1.54) is 11.1 Å². The Bertz CT molecular complexity index is 1030. The normalized spacial score (nSPS) is 14.8. The first kappa shape index (κ1) is 21.9. The monoisotopic (exact) mass is 429 g/mol. The molecule has 0 saturated carbocycles. The summed E-state index contributed by atoms with van der Waals surface area (Å²) in [7, 11) is 0. The van der Waals surface area contributed by atoms with Crippen molar-refractivity contribution in [3.63, 3.8) is 0 Å². The number of nitrogen functional groups attached to an aromatic ring is 1. The van der Waals surface area contributed by atoms with Crippen molar-refractivity contribution in [2.45, 2.75) is 32.2 Å². The molecular weight excluding hydrogens is 398 g/mol. The number of likely N-dealkylation sites (tertiary alicyclic amines) is 1. The fourth-order valence-corrected chi connectivity index (χ4v) is 4.27. The smallest absolute Gasteiger partial charge is 0.255 e. The number of amides is 1. The van der Waals surface area contributed by atoms with Gasteiger partial charge in [0.25, 0.3) is 5.91 Å². The maximum absolute atomic E-state index is 12.7. The van der Waals surface area contributed by atoms with Gasteiger partial charge in [0.05, 0.1) is 12.3 Å². The highest BCUT2D eigenvalue weighted by molar-refractivity contribution is 6.05. The quantitative estimate of drug-likeness (QED) is 0.500. The molecule has 5 nitrogen and oxygen atoms in total. The first-order chi connectivity index (χ1) is 15.6. The van der Waals surface area contributed by atoms with Gasteiger partial charge in [0.15, 0.2) is 0 Å². The standard InChI is InChI=1S/C27H31N3O2/c1-2-32-26-13-10-23(18-25(26)29-27(31)22-6-4-3-5-7-22)21-14-16-30(17-15-21)19-20-8-11-24(28)12-9-20/h3-13,18,21H,2,14-17,19,28H2,1H3,(H,29,31). The van der Waals surface area contributed by atoms with Gasteiger partial charge in [-0.05, 0) is 86.3 Å². The summed E-state index contributed by atoms with van der Waals surface area (Å²) in [6, 6.07) is 23.6. The lowest BCUT2D eigenvalue weighted by Crippen LogP contribution is -2.32. The van der Waals surface area contributed by atoms with Crippen molar-refractivity contribution in [2.24, 2.45) is 0 Å². The van der Waals surface area contributed by atoms with Gasteiger partial charge in [0, 0.05) is 17.8 Å². The Hall–Kier alpha value is -3.31. The number of carbonyl (C=O) groups is 1. The molecule has 32 heavy (non-hydrogen) atoms. The van der Waals surface area contributed by atoms with Crippen molar-refractivity contribution in [1.29, 1.82) is 0 Å². The number of nitrogens with zero attached hydrogens (tertiary/aromatic N) is 1. The van der Waals surface area contributed by atoms with Crippen LogP contribution in [0.5, 0.6) is 5.75 Å². The third kappa shape index (κ3) is 5.48. The maximum atomic E-state index is 12.7. The molecule has 0 spiro atoms. The summed E-state index contributed by atoms with van der Waals surface area (Å²) >= 11 is 0. The van der Waals surface area contributed by atoms with E-state index in [1.807, 2.05) is 55.5 Å². The molecule has 0 aliphatic carbocycles. The number of hydrogen-bond acceptors (Lipinski definition) is 4. The van der Waals surface area contributed by atoms with Gasteiger partial charge in [-0.2, -0.15) is 0 Å². The number of rotatable bonds is 7. The summed E-state index contributed by atoms with van der Waals surface area (Å²) in [4.78, 5) is 15.2. The number of anilines is 2. The largest absolute Gasteiger partial charge is 0.492 e. The van der Waals surface area contributed by atoms with E-state index in [-0.39, 0.29) is 5.91 Å². The van der Waals surface area contributed by atoms with E-state index in [4.69, 9.17) is 10.5 Å². The minimum Gasteiger partial charge on any atom is -0.492 e. The van der Waals surface area contributed by atoms with Crippen LogP contribution in [-0.2, 0) is 6.54 Å². The predicted molar refractivity (Wildman–Crippen MR) is 130 cm³/mol. The van der Waals surface area contributed by atoms with Crippen LogP contribution < -0.4 is 15.8 Å². The molecule has 0 atom stereocenters. The molecule has 166 valence electrons. The van der Waals surface area contributed by atoms with Gasteiger partial charge in [-0.15, -0.1) is 0 Å². The molecule has 1 fully saturated rings. The average molecular weight is 430 g/mol. The Morgan fingerprint density at radius 3 is 2.44 bits per heavy atom. The van der Waals surface area contributed by atoms with E-state index in [0.717, 1.165) is 43.9 Å². The zero-order valence-corrected chi connectivity index (χ0v) is 18.6. The molecular formula is C27H31N3O2. The van der Waals surface area contributed by atoms with Gasteiger partial charge in [-0.1, -0.05) is 36.4 Å². The first-order valence-corrected chi connectivity index (χ1v) is 11.3. The summed E-state index contributed by atoms with van der Waals surface area (Å²) in [6.45, 7) is 5.56. The van der Waals surface area contributed by atoms with E-state index in [2.05, 4.69) is 34.5 Å². The molecule has 1 saturated heterocycles. The van der Waals surface area contributed by atoms with Crippen LogP contribution in [0.3, 0.4) is 0 Å². The van der Waals surface area contributed by atoms with Gasteiger partial charge in [-0.3, -0.25) is 9.69 Å². The molecule has 3 N–H and O–H groups in total. The van der Waals surface area contributed by atoms with Crippen molar-refractivity contribution < 1.29 is 9.53 Å². The minimum absolute atomic E-state index is 0.123. The molecule has 1 heterocycles. The minimum atomic E-state index is -0.123. The molecule has 5 heteroatoms. The van der Waals surface area contributed by atoms with Gasteiger partial charge >= 0.3 is 0 Å². The number of piperidine rings is 1. The van der Waals surface area contributed by atoms with Gasteiger partial charge in [0.2, 0.25) is 0 Å². The number of nitrogens with two attached hydrogens (primary N) is 1. The molecule has 1 aliphatic rings. The van der Waals surface area contributed by atoms with Crippen LogP contribution in [0.25, 0.3) is 0 Å². The summed E-state index contributed by atoms with van der Waals surface area (Å²) < 4.78 is 5.78. The number of benzene rings is 3. The lowest BCUT2D eigenvalue weighted by Gasteiger charge is -2.32. The van der Waals surface area contributed by atoms with Crippen LogP contribution in [0.1, 0.15) is 47.2 Å². The molecule has 1 amide bonds. The van der Waals surface area contributed by atoms with Crippen LogP contribution in [0.15, 0.2) is 72.8 Å². The number of hydrogen-bond donors (Lipinski definition) is 2. The maximum Gasteiger partial charge on any atom is 0.255 e. The van der Waals surface area contributed by atoms with Crippen molar-refractivity contribution in [3.05, 3.63) is 89.5 Å².